The zero-order chi connectivity index (χ0) is 14.4. The van der Waals surface area contributed by atoms with E-state index in [1.165, 1.54) is 0 Å². The zero-order valence-corrected chi connectivity index (χ0v) is 11.6. The van der Waals surface area contributed by atoms with Crippen molar-refractivity contribution in [3.05, 3.63) is 29.8 Å². The molecule has 3 nitrogen and oxygen atoms in total. The molecule has 0 spiro atoms. The van der Waals surface area contributed by atoms with E-state index in [1.807, 2.05) is 13.8 Å². The zero-order valence-electron chi connectivity index (χ0n) is 10.8. The van der Waals surface area contributed by atoms with Gasteiger partial charge in [-0.25, -0.2) is 0 Å². The molecule has 0 aliphatic carbocycles. The van der Waals surface area contributed by atoms with E-state index in [1.54, 1.807) is 24.3 Å². The Morgan fingerprint density at radius 3 is 2.32 bits per heavy atom. The van der Waals surface area contributed by atoms with Crippen molar-refractivity contribution in [1.82, 2.24) is 5.32 Å². The molecule has 6 heteroatoms. The van der Waals surface area contributed by atoms with Gasteiger partial charge in [-0.05, 0) is 23.6 Å². The molecule has 0 amide bonds. The van der Waals surface area contributed by atoms with Gasteiger partial charge in [0.15, 0.2) is 0 Å². The Bertz CT molecular complexity index is 410. The van der Waals surface area contributed by atoms with Gasteiger partial charge >= 0.3 is 5.97 Å². The summed E-state index contributed by atoms with van der Waals surface area (Å²) in [7, 11) is 0. The number of carboxylic acids is 1. The number of nitrogens with one attached hydrogen (secondary N) is 1. The standard InChI is InChI=1S/C13H17F2NO2S/c1-8(2)11(12(17)18)16-7-9-3-5-10(6-4-9)19-13(14)15/h3-6,8,11,13,16H,7H2,1-2H3,(H,17,18)/t11-/m0/s1. The molecule has 0 aliphatic rings. The van der Waals surface area contributed by atoms with Crippen LogP contribution in [-0.2, 0) is 11.3 Å². The molecule has 0 aromatic heterocycles. The summed E-state index contributed by atoms with van der Waals surface area (Å²) in [6, 6.07) is 6.04. The molecule has 1 atom stereocenters. The third-order valence-corrected chi connectivity index (χ3v) is 3.33. The molecule has 2 N–H and O–H groups in total. The Morgan fingerprint density at radius 1 is 1.32 bits per heavy atom. The predicted octanol–water partition coefficient (Wildman–Crippen LogP) is 3.20. The monoisotopic (exact) mass is 289 g/mol. The number of carbonyl (C=O) groups is 1. The third-order valence-electron chi connectivity index (χ3n) is 2.61. The molecule has 0 heterocycles. The fraction of sp³-hybridized carbons (Fsp3) is 0.462. The second-order valence-corrected chi connectivity index (χ2v) is 5.53. The minimum atomic E-state index is -2.43. The largest absolute Gasteiger partial charge is 0.480 e. The van der Waals surface area contributed by atoms with E-state index in [9.17, 15) is 13.6 Å². The Hall–Kier alpha value is -1.14. The third kappa shape index (κ3) is 5.57. The Balaban J connectivity index is 2.56. The van der Waals surface area contributed by atoms with Crippen molar-refractivity contribution in [3.63, 3.8) is 0 Å². The van der Waals surface area contributed by atoms with Crippen molar-refractivity contribution in [3.8, 4) is 0 Å². The van der Waals surface area contributed by atoms with Gasteiger partial charge in [-0.1, -0.05) is 37.7 Å². The van der Waals surface area contributed by atoms with Gasteiger partial charge in [0.25, 0.3) is 5.76 Å². The topological polar surface area (TPSA) is 49.3 Å². The predicted molar refractivity (Wildman–Crippen MR) is 71.4 cm³/mol. The molecule has 0 radical (unpaired) electrons. The summed E-state index contributed by atoms with van der Waals surface area (Å²) >= 11 is 0.493. The molecule has 0 fully saturated rings. The number of benzene rings is 1. The lowest BCUT2D eigenvalue weighted by molar-refractivity contribution is -0.140. The van der Waals surface area contributed by atoms with Crippen LogP contribution in [-0.4, -0.2) is 22.9 Å². The quantitative estimate of drug-likeness (QED) is 0.757. The highest BCUT2D eigenvalue weighted by molar-refractivity contribution is 7.99. The highest BCUT2D eigenvalue weighted by Crippen LogP contribution is 2.25. The molecule has 0 unspecified atom stereocenters. The van der Waals surface area contributed by atoms with Gasteiger partial charge in [0.05, 0.1) is 0 Å². The van der Waals surface area contributed by atoms with E-state index in [0.717, 1.165) is 5.56 Å². The maximum atomic E-state index is 12.1. The number of carboxylic acid groups (broad SMARTS) is 1. The lowest BCUT2D eigenvalue weighted by Gasteiger charge is -2.17. The Morgan fingerprint density at radius 2 is 1.89 bits per heavy atom. The maximum absolute atomic E-state index is 12.1. The summed E-state index contributed by atoms with van der Waals surface area (Å²) in [5.41, 5.74) is 0.866. The average Bonchev–Trinajstić information content (AvgIpc) is 2.29. The number of aliphatic carboxylic acids is 1. The summed E-state index contributed by atoms with van der Waals surface area (Å²) in [6.45, 7) is 4.05. The lowest BCUT2D eigenvalue weighted by Crippen LogP contribution is -2.40. The number of halogens is 2. The van der Waals surface area contributed by atoms with Gasteiger partial charge in [-0.3, -0.25) is 4.79 Å². The van der Waals surface area contributed by atoms with E-state index >= 15 is 0 Å². The molecule has 106 valence electrons. The van der Waals surface area contributed by atoms with Crippen molar-refractivity contribution < 1.29 is 18.7 Å². The minimum absolute atomic E-state index is 0.0221. The number of alkyl halides is 2. The number of hydrogen-bond acceptors (Lipinski definition) is 3. The molecule has 1 rings (SSSR count). The Labute approximate surface area is 115 Å². The van der Waals surface area contributed by atoms with Crippen molar-refractivity contribution in [1.29, 1.82) is 0 Å². The van der Waals surface area contributed by atoms with Crippen LogP contribution in [0.1, 0.15) is 19.4 Å². The van der Waals surface area contributed by atoms with Crippen molar-refractivity contribution >= 4 is 17.7 Å². The van der Waals surface area contributed by atoms with E-state index < -0.39 is 17.8 Å². The van der Waals surface area contributed by atoms with Crippen molar-refractivity contribution in [2.24, 2.45) is 5.92 Å². The highest BCUT2D eigenvalue weighted by atomic mass is 32.2. The van der Waals surface area contributed by atoms with Crippen LogP contribution in [0, 0.1) is 5.92 Å². The average molecular weight is 289 g/mol. The van der Waals surface area contributed by atoms with E-state index in [0.29, 0.717) is 23.2 Å². The van der Waals surface area contributed by atoms with E-state index in [2.05, 4.69) is 5.32 Å². The molecule has 19 heavy (non-hydrogen) atoms. The van der Waals surface area contributed by atoms with Gasteiger partial charge in [0, 0.05) is 11.4 Å². The van der Waals surface area contributed by atoms with E-state index in [-0.39, 0.29) is 5.92 Å². The molecule has 0 bridgehead atoms. The first-order chi connectivity index (χ1) is 8.90. The second-order valence-electron chi connectivity index (χ2n) is 4.46. The van der Waals surface area contributed by atoms with Crippen molar-refractivity contribution in [2.45, 2.75) is 37.1 Å². The first-order valence-corrected chi connectivity index (χ1v) is 6.78. The van der Waals surface area contributed by atoms with Crippen LogP contribution in [0.3, 0.4) is 0 Å². The summed E-state index contributed by atoms with van der Waals surface area (Å²) in [4.78, 5) is 11.5. The number of rotatable bonds is 7. The van der Waals surface area contributed by atoms with Crippen molar-refractivity contribution in [2.75, 3.05) is 0 Å². The molecule has 1 aromatic rings. The van der Waals surface area contributed by atoms with Crippen LogP contribution in [0.2, 0.25) is 0 Å². The van der Waals surface area contributed by atoms with Crippen LogP contribution in [0.25, 0.3) is 0 Å². The van der Waals surface area contributed by atoms with Gasteiger partial charge in [0.1, 0.15) is 6.04 Å². The smallest absolute Gasteiger partial charge is 0.320 e. The lowest BCUT2D eigenvalue weighted by atomic mass is 10.0. The van der Waals surface area contributed by atoms with Gasteiger partial charge in [0.2, 0.25) is 0 Å². The van der Waals surface area contributed by atoms with Crippen LogP contribution in [0.5, 0.6) is 0 Å². The SMILES string of the molecule is CC(C)[C@H](NCc1ccc(SC(F)F)cc1)C(=O)O. The first-order valence-electron chi connectivity index (χ1n) is 5.90. The van der Waals surface area contributed by atoms with Crippen LogP contribution in [0.4, 0.5) is 8.78 Å². The molecular formula is C13H17F2NO2S. The highest BCUT2D eigenvalue weighted by Gasteiger charge is 2.20. The van der Waals surface area contributed by atoms with Gasteiger partial charge in [-0.2, -0.15) is 8.78 Å². The molecule has 1 aromatic carbocycles. The number of hydrogen-bond donors (Lipinski definition) is 2. The maximum Gasteiger partial charge on any atom is 0.320 e. The Kier molecular flexibility index (Phi) is 6.24. The summed E-state index contributed by atoms with van der Waals surface area (Å²) in [5, 5.41) is 12.0. The molecule has 0 saturated carbocycles. The summed E-state index contributed by atoms with van der Waals surface area (Å²) in [5.74, 6) is -3.34. The summed E-state index contributed by atoms with van der Waals surface area (Å²) < 4.78 is 24.3. The van der Waals surface area contributed by atoms with Gasteiger partial charge in [-0.15, -0.1) is 0 Å². The number of thioether (sulfide) groups is 1. The fourth-order valence-corrected chi connectivity index (χ4v) is 2.12. The normalized spacial score (nSPS) is 12.9. The van der Waals surface area contributed by atoms with Gasteiger partial charge < -0.3 is 10.4 Å². The minimum Gasteiger partial charge on any atom is -0.480 e. The van der Waals surface area contributed by atoms with Crippen LogP contribution >= 0.6 is 11.8 Å². The molecule has 0 saturated heterocycles. The summed E-state index contributed by atoms with van der Waals surface area (Å²) in [6.07, 6.45) is 0. The second kappa shape index (κ2) is 7.45. The van der Waals surface area contributed by atoms with Crippen LogP contribution in [0.15, 0.2) is 29.2 Å². The fourth-order valence-electron chi connectivity index (χ4n) is 1.62. The molecule has 0 aliphatic heterocycles. The van der Waals surface area contributed by atoms with Crippen LogP contribution < -0.4 is 5.32 Å². The first kappa shape index (κ1) is 15.9. The van der Waals surface area contributed by atoms with E-state index in [4.69, 9.17) is 5.11 Å². The molecular weight excluding hydrogens is 272 g/mol.